The number of nitrogen functional groups attached to an aromatic ring is 1. The highest BCUT2D eigenvalue weighted by molar-refractivity contribution is 5.95. The minimum Gasteiger partial charge on any atom is -0.462 e. The van der Waals surface area contributed by atoms with Crippen LogP contribution in [0.1, 0.15) is 42.7 Å². The molecule has 2 N–H and O–H groups in total. The van der Waals surface area contributed by atoms with Crippen molar-refractivity contribution in [2.75, 3.05) is 25.6 Å². The average Bonchev–Trinajstić information content (AvgIpc) is 2.77. The molecule has 1 saturated heterocycles. The van der Waals surface area contributed by atoms with E-state index in [0.717, 1.165) is 32.6 Å². The Bertz CT molecular complexity index is 464. The molecule has 0 aromatic carbocycles. The van der Waals surface area contributed by atoms with E-state index >= 15 is 0 Å². The van der Waals surface area contributed by atoms with E-state index in [-0.39, 0.29) is 5.97 Å². The van der Waals surface area contributed by atoms with Crippen molar-refractivity contribution in [3.8, 4) is 0 Å². The van der Waals surface area contributed by atoms with E-state index in [1.807, 2.05) is 6.92 Å². The smallest absolute Gasteiger partial charge is 0.343 e. The molecule has 1 aromatic rings. The van der Waals surface area contributed by atoms with Crippen LogP contribution in [0, 0.1) is 5.92 Å². The largest absolute Gasteiger partial charge is 0.462 e. The predicted molar refractivity (Wildman–Crippen MR) is 75.5 cm³/mol. The summed E-state index contributed by atoms with van der Waals surface area (Å²) >= 11 is 0. The molecular weight excluding hydrogens is 258 g/mol. The van der Waals surface area contributed by atoms with Gasteiger partial charge in [-0.05, 0) is 32.1 Å². The summed E-state index contributed by atoms with van der Waals surface area (Å²) in [5.74, 6) is 0.553. The van der Waals surface area contributed by atoms with Gasteiger partial charge in [-0.15, -0.1) is 0 Å². The number of rotatable bonds is 5. The fourth-order valence-electron chi connectivity index (χ4n) is 2.51. The number of carbonyl (C=O) groups excluding carboxylic acids is 1. The summed E-state index contributed by atoms with van der Waals surface area (Å²) in [6.45, 7) is 6.40. The molecule has 6 heteroatoms. The Morgan fingerprint density at radius 1 is 1.45 bits per heavy atom. The van der Waals surface area contributed by atoms with Crippen LogP contribution in [0.5, 0.6) is 0 Å². The summed E-state index contributed by atoms with van der Waals surface area (Å²) in [6, 6.07) is 0. The van der Waals surface area contributed by atoms with Crippen molar-refractivity contribution in [2.24, 2.45) is 5.92 Å². The Kier molecular flexibility index (Phi) is 5.00. The van der Waals surface area contributed by atoms with E-state index in [0.29, 0.717) is 36.0 Å². The fourth-order valence-corrected chi connectivity index (χ4v) is 2.51. The molecule has 0 bridgehead atoms. The van der Waals surface area contributed by atoms with Crippen molar-refractivity contribution in [2.45, 2.75) is 39.7 Å². The van der Waals surface area contributed by atoms with Gasteiger partial charge in [0.25, 0.3) is 0 Å². The molecule has 0 amide bonds. The number of esters is 1. The number of nitrogens with zero attached hydrogens (tertiary/aromatic N) is 2. The highest BCUT2D eigenvalue weighted by Gasteiger charge is 2.24. The number of nitrogens with two attached hydrogens (primary N) is 1. The second kappa shape index (κ2) is 6.74. The molecule has 1 fully saturated rings. The Labute approximate surface area is 119 Å². The number of hydrogen-bond donors (Lipinski definition) is 1. The molecule has 0 saturated carbocycles. The quantitative estimate of drug-likeness (QED) is 0.830. The molecule has 0 spiro atoms. The Morgan fingerprint density at radius 3 is 2.75 bits per heavy atom. The summed E-state index contributed by atoms with van der Waals surface area (Å²) < 4.78 is 12.2. The lowest BCUT2D eigenvalue weighted by Crippen LogP contribution is -2.22. The molecule has 112 valence electrons. The van der Waals surface area contributed by atoms with E-state index in [4.69, 9.17) is 15.2 Å². The van der Waals surface area contributed by atoms with Crippen molar-refractivity contribution in [1.29, 1.82) is 0 Å². The highest BCUT2D eigenvalue weighted by atomic mass is 16.5. The zero-order chi connectivity index (χ0) is 14.5. The van der Waals surface area contributed by atoms with Crippen LogP contribution in [0.25, 0.3) is 0 Å². The van der Waals surface area contributed by atoms with Gasteiger partial charge in [-0.2, -0.15) is 5.10 Å². The van der Waals surface area contributed by atoms with Crippen molar-refractivity contribution >= 4 is 11.8 Å². The van der Waals surface area contributed by atoms with Gasteiger partial charge in [-0.1, -0.05) is 6.92 Å². The van der Waals surface area contributed by atoms with Gasteiger partial charge in [0.05, 0.1) is 12.3 Å². The predicted octanol–water partition coefficient (Wildman–Crippen LogP) is 1.63. The third-order valence-corrected chi connectivity index (χ3v) is 3.65. The third-order valence-electron chi connectivity index (χ3n) is 3.65. The van der Waals surface area contributed by atoms with Crippen molar-refractivity contribution in [3.63, 3.8) is 0 Å². The summed E-state index contributed by atoms with van der Waals surface area (Å²) in [5, 5.41) is 4.48. The lowest BCUT2D eigenvalue weighted by Gasteiger charge is -2.22. The van der Waals surface area contributed by atoms with Gasteiger partial charge in [0, 0.05) is 19.8 Å². The van der Waals surface area contributed by atoms with E-state index < -0.39 is 0 Å². The van der Waals surface area contributed by atoms with Crippen LogP contribution >= 0.6 is 0 Å². The first-order valence-corrected chi connectivity index (χ1v) is 7.27. The normalized spacial score (nSPS) is 16.3. The lowest BCUT2D eigenvalue weighted by molar-refractivity contribution is 0.0525. The maximum absolute atomic E-state index is 12.0. The number of ether oxygens (including phenoxy) is 2. The van der Waals surface area contributed by atoms with Crippen molar-refractivity contribution in [1.82, 2.24) is 9.78 Å². The number of anilines is 1. The van der Waals surface area contributed by atoms with Gasteiger partial charge >= 0.3 is 5.97 Å². The Hall–Kier alpha value is -1.56. The van der Waals surface area contributed by atoms with Gasteiger partial charge in [0.15, 0.2) is 0 Å². The minimum atomic E-state index is -0.375. The number of aryl methyl sites for hydroxylation is 1. The maximum Gasteiger partial charge on any atom is 0.343 e. The summed E-state index contributed by atoms with van der Waals surface area (Å²) in [6.07, 6.45) is 2.68. The molecule has 1 aliphatic heterocycles. The van der Waals surface area contributed by atoms with Crippen LogP contribution in [-0.2, 0) is 22.4 Å². The maximum atomic E-state index is 12.0. The monoisotopic (exact) mass is 281 g/mol. The van der Waals surface area contributed by atoms with E-state index in [2.05, 4.69) is 5.10 Å². The molecule has 20 heavy (non-hydrogen) atoms. The first-order chi connectivity index (χ1) is 9.67. The van der Waals surface area contributed by atoms with Gasteiger partial charge in [-0.3, -0.25) is 0 Å². The standard InChI is InChI=1S/C14H23N3O3/c1-3-11-12(14(18)20-4-2)13(15)17(16-11)9-10-5-7-19-8-6-10/h10H,3-9,15H2,1-2H3. The second-order valence-corrected chi connectivity index (χ2v) is 5.02. The Balaban J connectivity index is 2.19. The zero-order valence-electron chi connectivity index (χ0n) is 12.2. The van der Waals surface area contributed by atoms with Crippen LogP contribution in [0.15, 0.2) is 0 Å². The molecule has 2 rings (SSSR count). The fraction of sp³-hybridized carbons (Fsp3) is 0.714. The first kappa shape index (κ1) is 14.8. The van der Waals surface area contributed by atoms with Gasteiger partial charge in [0.2, 0.25) is 0 Å². The molecule has 0 aliphatic carbocycles. The summed E-state index contributed by atoms with van der Waals surface area (Å²) in [7, 11) is 0. The topological polar surface area (TPSA) is 79.4 Å². The average molecular weight is 281 g/mol. The highest BCUT2D eigenvalue weighted by Crippen LogP contribution is 2.23. The zero-order valence-corrected chi connectivity index (χ0v) is 12.2. The molecule has 6 nitrogen and oxygen atoms in total. The van der Waals surface area contributed by atoms with Crippen molar-refractivity contribution in [3.05, 3.63) is 11.3 Å². The van der Waals surface area contributed by atoms with Gasteiger partial charge in [0.1, 0.15) is 11.4 Å². The van der Waals surface area contributed by atoms with Crippen LogP contribution < -0.4 is 5.73 Å². The number of aromatic nitrogens is 2. The SMILES string of the molecule is CCOC(=O)c1c(CC)nn(CC2CCOCC2)c1N. The molecule has 0 unspecified atom stereocenters. The van der Waals surface area contributed by atoms with Crippen LogP contribution in [-0.4, -0.2) is 35.6 Å². The van der Waals surface area contributed by atoms with Crippen LogP contribution in [0.2, 0.25) is 0 Å². The van der Waals surface area contributed by atoms with E-state index in [9.17, 15) is 4.79 Å². The van der Waals surface area contributed by atoms with Crippen LogP contribution in [0.4, 0.5) is 5.82 Å². The molecule has 2 heterocycles. The first-order valence-electron chi connectivity index (χ1n) is 7.27. The lowest BCUT2D eigenvalue weighted by atomic mass is 10.0. The van der Waals surface area contributed by atoms with Crippen molar-refractivity contribution < 1.29 is 14.3 Å². The minimum absolute atomic E-state index is 0.340. The van der Waals surface area contributed by atoms with Gasteiger partial charge < -0.3 is 15.2 Å². The molecule has 0 radical (unpaired) electrons. The third kappa shape index (κ3) is 3.12. The number of carbonyl (C=O) groups is 1. The second-order valence-electron chi connectivity index (χ2n) is 5.02. The molecule has 1 aliphatic rings. The molecule has 0 atom stereocenters. The molecule has 1 aromatic heterocycles. The van der Waals surface area contributed by atoms with Crippen LogP contribution in [0.3, 0.4) is 0 Å². The van der Waals surface area contributed by atoms with E-state index in [1.54, 1.807) is 11.6 Å². The summed E-state index contributed by atoms with van der Waals surface area (Å²) in [5.41, 5.74) is 7.24. The van der Waals surface area contributed by atoms with Gasteiger partial charge in [-0.25, -0.2) is 9.48 Å². The summed E-state index contributed by atoms with van der Waals surface area (Å²) in [4.78, 5) is 12.0. The Morgan fingerprint density at radius 2 is 2.15 bits per heavy atom. The molecular formula is C14H23N3O3. The number of hydrogen-bond acceptors (Lipinski definition) is 5. The van der Waals surface area contributed by atoms with E-state index in [1.165, 1.54) is 0 Å².